The Hall–Kier alpha value is -0.860. The molecule has 0 saturated carbocycles. The summed E-state index contributed by atoms with van der Waals surface area (Å²) < 4.78 is 0. The molecule has 3 nitrogen and oxygen atoms in total. The monoisotopic (exact) mass is 127 g/mol. The van der Waals surface area contributed by atoms with Crippen LogP contribution in [-0.2, 0) is 0 Å². The molecule has 0 fully saturated rings. The molecule has 0 aromatic heterocycles. The van der Waals surface area contributed by atoms with E-state index < -0.39 is 0 Å². The fourth-order valence-electron chi connectivity index (χ4n) is 0.290. The molecular weight excluding hydrogens is 114 g/mol. The van der Waals surface area contributed by atoms with Crippen molar-refractivity contribution in [2.75, 3.05) is 0 Å². The molecule has 0 aliphatic heterocycles. The molecule has 0 radical (unpaired) electrons. The van der Waals surface area contributed by atoms with Crippen LogP contribution >= 0.6 is 0 Å². The molecule has 0 rings (SSSR count). The van der Waals surface area contributed by atoms with Gasteiger partial charge in [0.15, 0.2) is 0 Å². The maximum Gasteiger partial charge on any atom is 0.0747 e. The van der Waals surface area contributed by atoms with Gasteiger partial charge in [-0.05, 0) is 20.8 Å². The van der Waals surface area contributed by atoms with Crippen molar-refractivity contribution in [1.82, 2.24) is 0 Å². The summed E-state index contributed by atoms with van der Waals surface area (Å²) in [5.41, 5.74) is 0.753. The van der Waals surface area contributed by atoms with Gasteiger partial charge in [-0.1, -0.05) is 0 Å². The molecular formula is C6H13N3. The maximum absolute atomic E-state index is 4.95. The van der Waals surface area contributed by atoms with Gasteiger partial charge in [-0.15, -0.1) is 0 Å². The second-order valence-corrected chi connectivity index (χ2v) is 2.14. The van der Waals surface area contributed by atoms with Crippen LogP contribution in [0.15, 0.2) is 10.1 Å². The Balaban J connectivity index is 3.71. The molecule has 3 heteroatoms. The summed E-state index contributed by atoms with van der Waals surface area (Å²) in [6, 6.07) is 0.321. The van der Waals surface area contributed by atoms with Crippen LogP contribution in [0.5, 0.6) is 0 Å². The highest BCUT2D eigenvalue weighted by Gasteiger charge is 1.84. The minimum atomic E-state index is 0.321. The van der Waals surface area contributed by atoms with Gasteiger partial charge in [-0.3, -0.25) is 4.99 Å². The molecule has 0 bridgehead atoms. The summed E-state index contributed by atoms with van der Waals surface area (Å²) >= 11 is 0. The molecule has 9 heavy (non-hydrogen) atoms. The summed E-state index contributed by atoms with van der Waals surface area (Å²) in [6.45, 7) is 5.81. The van der Waals surface area contributed by atoms with Crippen LogP contribution in [0.3, 0.4) is 0 Å². The maximum atomic E-state index is 4.95. The Morgan fingerprint density at radius 3 is 2.44 bits per heavy atom. The zero-order valence-electron chi connectivity index (χ0n) is 6.13. The number of hydrogen-bond donors (Lipinski definition) is 1. The molecule has 0 saturated heterocycles. The highest BCUT2D eigenvalue weighted by atomic mass is 15.1. The molecule has 0 unspecified atom stereocenters. The van der Waals surface area contributed by atoms with Gasteiger partial charge in [-0.2, -0.15) is 5.10 Å². The lowest BCUT2D eigenvalue weighted by Gasteiger charge is -1.92. The summed E-state index contributed by atoms with van der Waals surface area (Å²) in [5, 5.41) is 3.43. The fraction of sp³-hybridized carbons (Fsp3) is 0.667. The van der Waals surface area contributed by atoms with Crippen molar-refractivity contribution >= 4 is 11.9 Å². The van der Waals surface area contributed by atoms with Crippen LogP contribution in [-0.4, -0.2) is 18.0 Å². The lowest BCUT2D eigenvalue weighted by Crippen LogP contribution is -1.99. The molecule has 0 aromatic carbocycles. The van der Waals surface area contributed by atoms with Crippen molar-refractivity contribution in [3.8, 4) is 0 Å². The van der Waals surface area contributed by atoms with E-state index in [9.17, 15) is 0 Å². The van der Waals surface area contributed by atoms with Crippen LogP contribution in [0.25, 0.3) is 0 Å². The van der Waals surface area contributed by atoms with E-state index in [-0.39, 0.29) is 0 Å². The highest BCUT2D eigenvalue weighted by molar-refractivity contribution is 6.29. The topological polar surface area (TPSA) is 50.7 Å². The zero-order valence-corrected chi connectivity index (χ0v) is 6.13. The van der Waals surface area contributed by atoms with E-state index in [0.29, 0.717) is 6.04 Å². The quantitative estimate of drug-likeness (QED) is 0.333. The summed E-state index contributed by atoms with van der Waals surface area (Å²) in [4.78, 5) is 4.06. The first-order valence-corrected chi connectivity index (χ1v) is 2.94. The van der Waals surface area contributed by atoms with Crippen molar-refractivity contribution in [3.05, 3.63) is 0 Å². The minimum absolute atomic E-state index is 0.321. The smallest absolute Gasteiger partial charge is 0.0747 e. The highest BCUT2D eigenvalue weighted by Crippen LogP contribution is 1.82. The summed E-state index contributed by atoms with van der Waals surface area (Å²) in [6.07, 6.45) is 1.67. The van der Waals surface area contributed by atoms with Crippen LogP contribution in [0, 0.1) is 0 Å². The lowest BCUT2D eigenvalue weighted by molar-refractivity contribution is 0.842. The molecule has 2 N–H and O–H groups in total. The molecule has 0 aromatic rings. The van der Waals surface area contributed by atoms with Gasteiger partial charge in [0, 0.05) is 12.3 Å². The van der Waals surface area contributed by atoms with E-state index in [2.05, 4.69) is 10.1 Å². The first-order valence-electron chi connectivity index (χ1n) is 2.94. The van der Waals surface area contributed by atoms with E-state index in [1.54, 1.807) is 6.21 Å². The second kappa shape index (κ2) is 4.06. The summed E-state index contributed by atoms with van der Waals surface area (Å²) in [7, 11) is 0. The number of hydrogen-bond acceptors (Lipinski definition) is 3. The van der Waals surface area contributed by atoms with Gasteiger partial charge in [0.25, 0.3) is 0 Å². The second-order valence-electron chi connectivity index (χ2n) is 2.14. The molecule has 52 valence electrons. The molecule has 0 aliphatic carbocycles. The van der Waals surface area contributed by atoms with E-state index in [4.69, 9.17) is 5.84 Å². The van der Waals surface area contributed by atoms with E-state index in [1.807, 2.05) is 20.8 Å². The predicted octanol–water partition coefficient (Wildman–Crippen LogP) is 0.800. The van der Waals surface area contributed by atoms with Gasteiger partial charge in [0.2, 0.25) is 0 Å². The van der Waals surface area contributed by atoms with E-state index in [1.165, 1.54) is 0 Å². The van der Waals surface area contributed by atoms with E-state index >= 15 is 0 Å². The van der Waals surface area contributed by atoms with E-state index in [0.717, 1.165) is 5.71 Å². The molecule has 0 spiro atoms. The third-order valence-electron chi connectivity index (χ3n) is 0.763. The Bertz CT molecular complexity index is 124. The van der Waals surface area contributed by atoms with Crippen molar-refractivity contribution in [2.45, 2.75) is 26.8 Å². The largest absolute Gasteiger partial charge is 0.323 e. The summed E-state index contributed by atoms with van der Waals surface area (Å²) in [5.74, 6) is 4.95. The first kappa shape index (κ1) is 8.14. The normalized spacial score (nSPS) is 13.6. The Morgan fingerprint density at radius 2 is 2.11 bits per heavy atom. The third-order valence-corrected chi connectivity index (χ3v) is 0.763. The number of hydrazone groups is 1. The molecule has 0 heterocycles. The van der Waals surface area contributed by atoms with Crippen LogP contribution in [0.1, 0.15) is 20.8 Å². The average Bonchev–Trinajstić information content (AvgIpc) is 1.83. The number of aliphatic imine (C=N–C) groups is 1. The lowest BCUT2D eigenvalue weighted by atomic mass is 10.4. The Kier molecular flexibility index (Phi) is 3.67. The van der Waals surface area contributed by atoms with Crippen molar-refractivity contribution in [1.29, 1.82) is 0 Å². The van der Waals surface area contributed by atoms with Gasteiger partial charge in [0.05, 0.1) is 5.71 Å². The molecule has 0 atom stereocenters. The fourth-order valence-corrected chi connectivity index (χ4v) is 0.290. The van der Waals surface area contributed by atoms with Crippen LogP contribution in [0.2, 0.25) is 0 Å². The Morgan fingerprint density at radius 1 is 1.56 bits per heavy atom. The van der Waals surface area contributed by atoms with Crippen LogP contribution in [0.4, 0.5) is 0 Å². The molecule has 0 amide bonds. The SMILES string of the molecule is C/C(C=NC(C)C)=N/N. The van der Waals surface area contributed by atoms with Gasteiger partial charge < -0.3 is 5.84 Å². The van der Waals surface area contributed by atoms with Crippen molar-refractivity contribution < 1.29 is 0 Å². The van der Waals surface area contributed by atoms with Gasteiger partial charge in [0.1, 0.15) is 0 Å². The average molecular weight is 127 g/mol. The number of nitrogens with two attached hydrogens (primary N) is 1. The predicted molar refractivity (Wildman–Crippen MR) is 40.9 cm³/mol. The standard InChI is InChI=1S/C6H13N3/c1-5(2)8-4-6(3)9-7/h4-5H,7H2,1-3H3/b8-4?,9-6-. The molecule has 0 aliphatic rings. The van der Waals surface area contributed by atoms with Gasteiger partial charge in [-0.25, -0.2) is 0 Å². The third kappa shape index (κ3) is 5.00. The number of nitrogens with zero attached hydrogens (tertiary/aromatic N) is 2. The number of rotatable bonds is 2. The van der Waals surface area contributed by atoms with Gasteiger partial charge >= 0.3 is 0 Å². The van der Waals surface area contributed by atoms with Crippen molar-refractivity contribution in [3.63, 3.8) is 0 Å². The first-order chi connectivity index (χ1) is 4.16. The van der Waals surface area contributed by atoms with Crippen LogP contribution < -0.4 is 5.84 Å². The minimum Gasteiger partial charge on any atom is -0.323 e. The zero-order chi connectivity index (χ0) is 7.28. The van der Waals surface area contributed by atoms with Crippen molar-refractivity contribution in [2.24, 2.45) is 15.9 Å². The Labute approximate surface area is 55.7 Å².